The molecule has 2 amide bonds. The van der Waals surface area contributed by atoms with Gasteiger partial charge in [-0.1, -0.05) is 69.5 Å². The summed E-state index contributed by atoms with van der Waals surface area (Å²) in [4.78, 5) is 56.4. The van der Waals surface area contributed by atoms with Crippen molar-refractivity contribution in [2.24, 2.45) is 11.8 Å². The van der Waals surface area contributed by atoms with E-state index in [1.807, 2.05) is 19.1 Å². The number of ether oxygens (including phenoxy) is 1. The molecule has 174 valence electrons. The molecule has 0 radical (unpaired) electrons. The molecule has 6 nitrogen and oxygen atoms in total. The van der Waals surface area contributed by atoms with Crippen molar-refractivity contribution in [1.82, 2.24) is 0 Å². The molecular weight excluding hydrogens is 534 g/mol. The SMILES string of the molecule is Cc1ccc([C@H]2OC3(C(=O)c4ccc(Br)cc4C3=O)C3C(=O)N(c4ccccc4Cl)C(=O)[C@H]32)cc1. The third kappa shape index (κ3) is 2.92. The Bertz CT molecular complexity index is 1470. The number of imide groups is 1. The first-order valence-electron chi connectivity index (χ1n) is 11.0. The summed E-state index contributed by atoms with van der Waals surface area (Å²) in [6.45, 7) is 1.92. The van der Waals surface area contributed by atoms with Gasteiger partial charge in [0.25, 0.3) is 0 Å². The third-order valence-corrected chi connectivity index (χ3v) is 7.89. The Labute approximate surface area is 214 Å². The first-order valence-corrected chi connectivity index (χ1v) is 12.2. The summed E-state index contributed by atoms with van der Waals surface area (Å²) >= 11 is 9.69. The van der Waals surface area contributed by atoms with Gasteiger partial charge in [-0.3, -0.25) is 19.2 Å². The van der Waals surface area contributed by atoms with Gasteiger partial charge in [-0.25, -0.2) is 4.90 Å². The molecule has 2 heterocycles. The Morgan fingerprint density at radius 2 is 1.57 bits per heavy atom. The normalized spacial score (nSPS) is 27.2. The zero-order valence-electron chi connectivity index (χ0n) is 18.3. The van der Waals surface area contributed by atoms with Gasteiger partial charge < -0.3 is 4.74 Å². The predicted octanol–water partition coefficient (Wildman–Crippen LogP) is 5.11. The van der Waals surface area contributed by atoms with Crippen LogP contribution in [0.2, 0.25) is 5.02 Å². The van der Waals surface area contributed by atoms with E-state index in [9.17, 15) is 19.2 Å². The number of para-hydroxylation sites is 1. The van der Waals surface area contributed by atoms with Crippen LogP contribution in [-0.2, 0) is 14.3 Å². The lowest BCUT2D eigenvalue weighted by atomic mass is 9.77. The monoisotopic (exact) mass is 549 g/mol. The molecule has 2 aliphatic heterocycles. The number of amides is 2. The highest BCUT2D eigenvalue weighted by atomic mass is 79.9. The first-order chi connectivity index (χ1) is 16.8. The molecule has 6 rings (SSSR count). The van der Waals surface area contributed by atoms with Crippen LogP contribution in [-0.4, -0.2) is 29.0 Å². The Balaban J connectivity index is 1.56. The second-order valence-corrected chi connectivity index (χ2v) is 10.3. The number of anilines is 1. The number of benzene rings is 3. The van der Waals surface area contributed by atoms with Gasteiger partial charge in [0.15, 0.2) is 0 Å². The van der Waals surface area contributed by atoms with Crippen molar-refractivity contribution in [3.05, 3.63) is 98.5 Å². The molecule has 3 aromatic carbocycles. The standard InChI is InChI=1S/C27H17BrClNO5/c1-13-6-8-14(9-7-13)22-20-21(26(34)30(25(20)33)19-5-3-2-4-18(19)29)27(35-22)23(31)16-11-10-15(28)12-17(16)24(27)32/h2-12,20-22H,1H3/t20-,21?,22-,27?/m1/s1. The molecule has 0 N–H and O–H groups in total. The molecule has 2 saturated heterocycles. The quantitative estimate of drug-likeness (QED) is 0.327. The van der Waals surface area contributed by atoms with Crippen LogP contribution in [0.25, 0.3) is 0 Å². The minimum atomic E-state index is -2.12. The molecule has 0 aromatic heterocycles. The smallest absolute Gasteiger partial charge is 0.241 e. The highest BCUT2D eigenvalue weighted by molar-refractivity contribution is 9.10. The number of halogens is 2. The number of ketones is 2. The van der Waals surface area contributed by atoms with Gasteiger partial charge in [-0.2, -0.15) is 0 Å². The minimum absolute atomic E-state index is 0.170. The van der Waals surface area contributed by atoms with Gasteiger partial charge in [0.05, 0.1) is 28.6 Å². The van der Waals surface area contributed by atoms with Gasteiger partial charge >= 0.3 is 0 Å². The van der Waals surface area contributed by atoms with E-state index in [0.717, 1.165) is 10.5 Å². The van der Waals surface area contributed by atoms with Gasteiger partial charge in [0, 0.05) is 15.6 Å². The summed E-state index contributed by atoms with van der Waals surface area (Å²) in [7, 11) is 0. The number of carbonyl (C=O) groups is 4. The highest BCUT2D eigenvalue weighted by Crippen LogP contribution is 2.58. The lowest BCUT2D eigenvalue weighted by molar-refractivity contribution is -0.127. The molecule has 2 unspecified atom stereocenters. The van der Waals surface area contributed by atoms with Crippen LogP contribution in [0.5, 0.6) is 0 Å². The van der Waals surface area contributed by atoms with E-state index in [-0.39, 0.29) is 21.8 Å². The number of aryl methyl sites for hydroxylation is 1. The van der Waals surface area contributed by atoms with E-state index in [4.69, 9.17) is 16.3 Å². The summed E-state index contributed by atoms with van der Waals surface area (Å²) < 4.78 is 6.91. The molecule has 3 aliphatic rings. The van der Waals surface area contributed by atoms with Gasteiger partial charge in [-0.15, -0.1) is 0 Å². The topological polar surface area (TPSA) is 80.8 Å². The summed E-state index contributed by atoms with van der Waals surface area (Å²) in [5.41, 5.74) is 0.0558. The second-order valence-electron chi connectivity index (χ2n) is 9.00. The van der Waals surface area contributed by atoms with Crippen LogP contribution in [0.3, 0.4) is 0 Å². The predicted molar refractivity (Wildman–Crippen MR) is 131 cm³/mol. The number of hydrogen-bond donors (Lipinski definition) is 0. The first kappa shape index (κ1) is 22.3. The van der Waals surface area contributed by atoms with E-state index in [1.165, 1.54) is 0 Å². The van der Waals surface area contributed by atoms with E-state index in [2.05, 4.69) is 15.9 Å². The number of hydrogen-bond acceptors (Lipinski definition) is 5. The van der Waals surface area contributed by atoms with Crippen LogP contribution in [0, 0.1) is 18.8 Å². The lowest BCUT2D eigenvalue weighted by Crippen LogP contribution is -2.51. The maximum atomic E-state index is 13.9. The Morgan fingerprint density at radius 1 is 0.886 bits per heavy atom. The number of nitrogens with zero attached hydrogens (tertiary/aromatic N) is 1. The zero-order chi connectivity index (χ0) is 24.6. The fraction of sp³-hybridized carbons (Fsp3) is 0.185. The Morgan fingerprint density at radius 3 is 2.29 bits per heavy atom. The van der Waals surface area contributed by atoms with Crippen LogP contribution in [0.4, 0.5) is 5.69 Å². The molecule has 1 aliphatic carbocycles. The van der Waals surface area contributed by atoms with Crippen molar-refractivity contribution in [3.8, 4) is 0 Å². The Hall–Kier alpha value is -3.13. The molecule has 0 bridgehead atoms. The number of carbonyl (C=O) groups excluding carboxylic acids is 4. The van der Waals surface area contributed by atoms with Gasteiger partial charge in [-0.05, 0) is 42.8 Å². The summed E-state index contributed by atoms with van der Waals surface area (Å²) in [6, 6.07) is 18.5. The molecule has 3 aromatic rings. The lowest BCUT2D eigenvalue weighted by Gasteiger charge is -2.27. The van der Waals surface area contributed by atoms with Crippen LogP contribution < -0.4 is 4.90 Å². The molecular formula is C27H17BrClNO5. The summed E-state index contributed by atoms with van der Waals surface area (Å²) in [5, 5.41) is 0.215. The Kier molecular flexibility index (Phi) is 4.90. The van der Waals surface area contributed by atoms with Crippen molar-refractivity contribution in [2.45, 2.75) is 18.6 Å². The van der Waals surface area contributed by atoms with Crippen molar-refractivity contribution in [2.75, 3.05) is 4.90 Å². The average Bonchev–Trinajstić information content (AvgIpc) is 3.40. The van der Waals surface area contributed by atoms with E-state index in [1.54, 1.807) is 54.6 Å². The molecule has 0 saturated carbocycles. The zero-order valence-corrected chi connectivity index (χ0v) is 20.7. The number of rotatable bonds is 2. The van der Waals surface area contributed by atoms with E-state index in [0.29, 0.717) is 10.0 Å². The maximum Gasteiger partial charge on any atom is 0.241 e. The summed E-state index contributed by atoms with van der Waals surface area (Å²) in [5.74, 6) is -4.80. The van der Waals surface area contributed by atoms with Gasteiger partial charge in [0.1, 0.15) is 0 Å². The number of fused-ring (bicyclic) bond motifs is 3. The molecule has 2 fully saturated rings. The third-order valence-electron chi connectivity index (χ3n) is 7.07. The van der Waals surface area contributed by atoms with Crippen molar-refractivity contribution in [3.63, 3.8) is 0 Å². The van der Waals surface area contributed by atoms with Crippen LogP contribution in [0.1, 0.15) is 37.9 Å². The van der Waals surface area contributed by atoms with E-state index < -0.39 is 46.9 Å². The fourth-order valence-corrected chi connectivity index (χ4v) is 6.05. The maximum absolute atomic E-state index is 13.9. The van der Waals surface area contributed by atoms with Crippen LogP contribution in [0.15, 0.2) is 71.2 Å². The second kappa shape index (κ2) is 7.68. The fourth-order valence-electron chi connectivity index (χ4n) is 5.47. The van der Waals surface area contributed by atoms with E-state index >= 15 is 0 Å². The molecule has 8 heteroatoms. The largest absolute Gasteiger partial charge is 0.349 e. The summed E-state index contributed by atoms with van der Waals surface area (Å²) in [6.07, 6.45) is -0.963. The molecule has 4 atom stereocenters. The van der Waals surface area contributed by atoms with Gasteiger partial charge in [0.2, 0.25) is 29.0 Å². The molecule has 35 heavy (non-hydrogen) atoms. The highest BCUT2D eigenvalue weighted by Gasteiger charge is 2.74. The minimum Gasteiger partial charge on any atom is -0.349 e. The van der Waals surface area contributed by atoms with Crippen molar-refractivity contribution >= 4 is 56.6 Å². The average molecular weight is 551 g/mol. The van der Waals surface area contributed by atoms with Crippen LogP contribution >= 0.6 is 27.5 Å². The number of Topliss-reactive ketones (excluding diaryl/α,β-unsaturated/α-hetero) is 2. The van der Waals surface area contributed by atoms with Crippen molar-refractivity contribution < 1.29 is 23.9 Å². The van der Waals surface area contributed by atoms with Crippen molar-refractivity contribution in [1.29, 1.82) is 0 Å². The molecule has 1 spiro atoms.